The van der Waals surface area contributed by atoms with Crippen molar-refractivity contribution in [3.63, 3.8) is 0 Å². The minimum absolute atomic E-state index is 0.00695. The summed E-state index contributed by atoms with van der Waals surface area (Å²) in [6.45, 7) is -1.58. The van der Waals surface area contributed by atoms with Crippen LogP contribution in [0.3, 0.4) is 0 Å². The standard InChI is InChI=1S/C35H34Cl2F3N7O3/c36-30-24(2-1-3-26(30)47-34-32(38)21(10-12-44-34)16-42-18-23-7-9-29(49)46-23)25-11-13-43-33(31(25)37)19-4-5-20(27(14-19)50-35(39)40)15-41-17-22-6-8-28(48)45-22/h1-5,10-14,22-23,35,41-42H,6-9,15-18H2,(H,44,47)(H,45,48)(H,46,49)/t22-,23+/m1/s1. The van der Waals surface area contributed by atoms with Crippen LogP contribution in [-0.4, -0.2) is 53.6 Å². The van der Waals surface area contributed by atoms with E-state index < -0.39 is 12.4 Å². The molecule has 2 fully saturated rings. The van der Waals surface area contributed by atoms with E-state index in [4.69, 9.17) is 27.9 Å². The Morgan fingerprint density at radius 2 is 1.50 bits per heavy atom. The van der Waals surface area contributed by atoms with Crippen molar-refractivity contribution in [1.82, 2.24) is 31.2 Å². The summed E-state index contributed by atoms with van der Waals surface area (Å²) in [6, 6.07) is 13.2. The first-order valence-electron chi connectivity index (χ1n) is 16.1. The molecule has 50 heavy (non-hydrogen) atoms. The molecule has 0 saturated carbocycles. The Morgan fingerprint density at radius 1 is 0.840 bits per heavy atom. The SMILES string of the molecule is O=C1CC[C@H](CNCc2ccc(-c3nccc(-c4cccc(Nc5nccc(CNC[C@@H]6CCC(=O)N6)c5F)c4Cl)c3Cl)cc2OC(F)F)N1. The van der Waals surface area contributed by atoms with Gasteiger partial charge in [0.15, 0.2) is 11.6 Å². The number of nitrogens with zero attached hydrogens (tertiary/aromatic N) is 2. The normalized spacial score (nSPS) is 17.2. The van der Waals surface area contributed by atoms with E-state index >= 15 is 4.39 Å². The van der Waals surface area contributed by atoms with Crippen LogP contribution in [-0.2, 0) is 22.7 Å². The predicted molar refractivity (Wildman–Crippen MR) is 185 cm³/mol. The minimum Gasteiger partial charge on any atom is -0.434 e. The molecule has 2 saturated heterocycles. The first-order chi connectivity index (χ1) is 24.2. The molecule has 262 valence electrons. The maximum absolute atomic E-state index is 15.5. The molecule has 10 nitrogen and oxygen atoms in total. The van der Waals surface area contributed by atoms with Gasteiger partial charge in [0, 0.05) is 91.3 Å². The van der Waals surface area contributed by atoms with Gasteiger partial charge >= 0.3 is 6.61 Å². The summed E-state index contributed by atoms with van der Waals surface area (Å²) >= 11 is 13.8. The molecule has 2 amide bonds. The van der Waals surface area contributed by atoms with E-state index in [0.29, 0.717) is 71.6 Å². The molecule has 2 atom stereocenters. The lowest BCUT2D eigenvalue weighted by atomic mass is 10.0. The fourth-order valence-electron chi connectivity index (χ4n) is 6.00. The molecule has 2 aromatic heterocycles. The number of amides is 2. The van der Waals surface area contributed by atoms with Crippen molar-refractivity contribution >= 4 is 46.5 Å². The van der Waals surface area contributed by atoms with Gasteiger partial charge in [0.25, 0.3) is 0 Å². The summed E-state index contributed by atoms with van der Waals surface area (Å²) in [7, 11) is 0. The second-order valence-electron chi connectivity index (χ2n) is 12.0. The van der Waals surface area contributed by atoms with Gasteiger partial charge in [-0.15, -0.1) is 0 Å². The van der Waals surface area contributed by atoms with Gasteiger partial charge in [-0.2, -0.15) is 8.78 Å². The third kappa shape index (κ3) is 8.47. The monoisotopic (exact) mass is 727 g/mol. The highest BCUT2D eigenvalue weighted by molar-refractivity contribution is 6.39. The van der Waals surface area contributed by atoms with E-state index in [-0.39, 0.29) is 58.6 Å². The van der Waals surface area contributed by atoms with E-state index in [1.54, 1.807) is 42.5 Å². The zero-order valence-electron chi connectivity index (χ0n) is 26.7. The topological polar surface area (TPSA) is 129 Å². The number of carbonyl (C=O) groups is 2. The highest BCUT2D eigenvalue weighted by Crippen LogP contribution is 2.42. The number of ether oxygens (including phenoxy) is 1. The van der Waals surface area contributed by atoms with Crippen molar-refractivity contribution in [2.75, 3.05) is 18.4 Å². The lowest BCUT2D eigenvalue weighted by Crippen LogP contribution is -2.35. The van der Waals surface area contributed by atoms with Gasteiger partial charge < -0.3 is 31.3 Å². The van der Waals surface area contributed by atoms with Gasteiger partial charge in [-0.05, 0) is 37.1 Å². The van der Waals surface area contributed by atoms with E-state index in [0.717, 1.165) is 6.42 Å². The summed E-state index contributed by atoms with van der Waals surface area (Å²) < 4.78 is 47.2. The first-order valence-corrected chi connectivity index (χ1v) is 16.8. The van der Waals surface area contributed by atoms with Crippen molar-refractivity contribution < 1.29 is 27.5 Å². The number of halogens is 5. The van der Waals surface area contributed by atoms with E-state index in [2.05, 4.69) is 36.6 Å². The van der Waals surface area contributed by atoms with Crippen LogP contribution in [0.4, 0.5) is 24.7 Å². The Kier molecular flexibility index (Phi) is 11.4. The number of hydrogen-bond donors (Lipinski definition) is 5. The Bertz CT molecular complexity index is 1880. The highest BCUT2D eigenvalue weighted by atomic mass is 35.5. The summed E-state index contributed by atoms with van der Waals surface area (Å²) in [5.74, 6) is -0.597. The zero-order valence-corrected chi connectivity index (χ0v) is 28.2. The molecule has 0 radical (unpaired) electrons. The van der Waals surface area contributed by atoms with Crippen molar-refractivity contribution in [1.29, 1.82) is 0 Å². The maximum Gasteiger partial charge on any atom is 0.387 e. The molecule has 0 spiro atoms. The van der Waals surface area contributed by atoms with Crippen LogP contribution in [0.2, 0.25) is 10.0 Å². The van der Waals surface area contributed by atoms with E-state index in [1.165, 1.54) is 18.5 Å². The smallest absolute Gasteiger partial charge is 0.387 e. The van der Waals surface area contributed by atoms with Gasteiger partial charge in [-0.25, -0.2) is 9.37 Å². The molecule has 0 unspecified atom stereocenters. The average molecular weight is 729 g/mol. The quantitative estimate of drug-likeness (QED) is 0.102. The van der Waals surface area contributed by atoms with E-state index in [1.807, 2.05) is 0 Å². The average Bonchev–Trinajstić information content (AvgIpc) is 3.71. The second-order valence-corrected chi connectivity index (χ2v) is 12.8. The summed E-state index contributed by atoms with van der Waals surface area (Å²) in [5.41, 5.74) is 3.05. The van der Waals surface area contributed by atoms with Crippen LogP contribution in [0.1, 0.15) is 36.8 Å². The highest BCUT2D eigenvalue weighted by Gasteiger charge is 2.23. The fourth-order valence-corrected chi connectivity index (χ4v) is 6.60. The molecule has 2 aliphatic rings. The predicted octanol–water partition coefficient (Wildman–Crippen LogP) is 6.34. The summed E-state index contributed by atoms with van der Waals surface area (Å²) in [4.78, 5) is 31.5. The molecule has 0 aliphatic carbocycles. The van der Waals surface area contributed by atoms with Crippen LogP contribution in [0, 0.1) is 5.82 Å². The number of carbonyl (C=O) groups excluding carboxylic acids is 2. The summed E-state index contributed by atoms with van der Waals surface area (Å²) in [6.07, 6.45) is 5.41. The van der Waals surface area contributed by atoms with Crippen molar-refractivity contribution in [2.24, 2.45) is 0 Å². The Hall–Kier alpha value is -4.43. The minimum atomic E-state index is -3.06. The van der Waals surface area contributed by atoms with Gasteiger partial charge in [0.05, 0.1) is 21.4 Å². The largest absolute Gasteiger partial charge is 0.434 e. The Balaban J connectivity index is 1.19. The van der Waals surface area contributed by atoms with E-state index in [9.17, 15) is 18.4 Å². The molecule has 4 heterocycles. The lowest BCUT2D eigenvalue weighted by Gasteiger charge is -2.17. The third-order valence-electron chi connectivity index (χ3n) is 8.54. The first kappa shape index (κ1) is 35.4. The lowest BCUT2D eigenvalue weighted by molar-refractivity contribution is -0.120. The molecule has 15 heteroatoms. The van der Waals surface area contributed by atoms with Crippen LogP contribution in [0.5, 0.6) is 5.75 Å². The molecule has 4 aromatic rings. The number of nitrogens with one attached hydrogen (secondary N) is 5. The fraction of sp³-hybridized carbons (Fsp3) is 0.314. The van der Waals surface area contributed by atoms with Crippen LogP contribution >= 0.6 is 23.2 Å². The number of pyridine rings is 2. The molecule has 0 bridgehead atoms. The number of alkyl halides is 2. The molecule has 6 rings (SSSR count). The Labute approximate surface area is 296 Å². The second kappa shape index (κ2) is 16.1. The third-order valence-corrected chi connectivity index (χ3v) is 9.33. The summed E-state index contributed by atoms with van der Waals surface area (Å²) in [5, 5.41) is 15.6. The van der Waals surface area contributed by atoms with Gasteiger partial charge in [0.2, 0.25) is 11.8 Å². The van der Waals surface area contributed by atoms with Gasteiger partial charge in [-0.1, -0.05) is 47.5 Å². The number of benzene rings is 2. The van der Waals surface area contributed by atoms with Crippen LogP contribution in [0.25, 0.3) is 22.4 Å². The van der Waals surface area contributed by atoms with Crippen molar-refractivity contribution in [2.45, 2.75) is 57.5 Å². The molecular weight excluding hydrogens is 694 g/mol. The maximum atomic E-state index is 15.5. The molecule has 2 aromatic carbocycles. The van der Waals surface area contributed by atoms with Crippen LogP contribution in [0.15, 0.2) is 60.9 Å². The Morgan fingerprint density at radius 3 is 2.16 bits per heavy atom. The van der Waals surface area contributed by atoms with Crippen LogP contribution < -0.4 is 31.3 Å². The zero-order chi connectivity index (χ0) is 35.2. The van der Waals surface area contributed by atoms with Gasteiger partial charge in [-0.3, -0.25) is 14.6 Å². The van der Waals surface area contributed by atoms with Gasteiger partial charge in [0.1, 0.15) is 5.75 Å². The number of rotatable bonds is 14. The number of anilines is 2. The molecule has 2 aliphatic heterocycles. The van der Waals surface area contributed by atoms with Crippen molar-refractivity contribution in [3.05, 3.63) is 87.9 Å². The molecular formula is C35H34Cl2F3N7O3. The number of hydrogen-bond acceptors (Lipinski definition) is 8. The van der Waals surface area contributed by atoms with Crippen molar-refractivity contribution in [3.8, 4) is 28.1 Å². The number of aromatic nitrogens is 2. The molecule has 5 N–H and O–H groups in total.